The van der Waals surface area contributed by atoms with E-state index >= 15 is 0 Å². The molecule has 1 aliphatic rings. The second-order valence-electron chi connectivity index (χ2n) is 10.2. The van der Waals surface area contributed by atoms with Crippen molar-refractivity contribution >= 4 is 5.91 Å². The van der Waals surface area contributed by atoms with Crippen molar-refractivity contribution in [3.8, 4) is 5.88 Å². The molecule has 1 aliphatic heterocycles. The average molecular weight is 494 g/mol. The van der Waals surface area contributed by atoms with Crippen molar-refractivity contribution in [3.63, 3.8) is 0 Å². The summed E-state index contributed by atoms with van der Waals surface area (Å²) in [6.45, 7) is 6.80. The van der Waals surface area contributed by atoms with Crippen LogP contribution in [0.5, 0.6) is 5.88 Å². The molecule has 1 amide bonds. The standard InChI is InChI=1S/C29H33F2N3O2/c1-29(2,3)21-15-20(28(36-4)33-18-21)17-32-26-14-13-25(19-9-6-5-7-10-19)34(26)27(35)16-22-23(30)11-8-12-24(22)31/h5-12,15,18,25-26,32H,13-14,16-17H2,1-4H3. The fraction of sp³-hybridized carbons (Fsp3) is 0.379. The number of likely N-dealkylation sites (tertiary alicyclic amines) is 1. The van der Waals surface area contributed by atoms with Gasteiger partial charge in [-0.2, -0.15) is 0 Å². The van der Waals surface area contributed by atoms with E-state index in [1.54, 1.807) is 12.0 Å². The van der Waals surface area contributed by atoms with E-state index in [1.165, 1.54) is 18.2 Å². The Kier molecular flexibility index (Phi) is 7.69. The van der Waals surface area contributed by atoms with E-state index in [2.05, 4.69) is 37.1 Å². The highest BCUT2D eigenvalue weighted by molar-refractivity contribution is 5.80. The van der Waals surface area contributed by atoms with E-state index in [9.17, 15) is 13.6 Å². The van der Waals surface area contributed by atoms with Crippen molar-refractivity contribution in [2.45, 2.75) is 64.2 Å². The van der Waals surface area contributed by atoms with Gasteiger partial charge in [0.15, 0.2) is 0 Å². The molecule has 36 heavy (non-hydrogen) atoms. The number of carbonyl (C=O) groups is 1. The zero-order valence-corrected chi connectivity index (χ0v) is 21.2. The first-order valence-electron chi connectivity index (χ1n) is 12.2. The lowest BCUT2D eigenvalue weighted by Gasteiger charge is -2.32. The largest absolute Gasteiger partial charge is 0.481 e. The van der Waals surface area contributed by atoms with Crippen LogP contribution in [0.3, 0.4) is 0 Å². The number of benzene rings is 2. The highest BCUT2D eigenvalue weighted by Gasteiger charge is 2.38. The van der Waals surface area contributed by atoms with Gasteiger partial charge in [-0.05, 0) is 47.6 Å². The Balaban J connectivity index is 1.60. The second kappa shape index (κ2) is 10.7. The SMILES string of the molecule is COc1ncc(C(C)(C)C)cc1CNC1CCC(c2ccccc2)N1C(=O)Cc1c(F)cccc1F. The van der Waals surface area contributed by atoms with Crippen molar-refractivity contribution in [1.29, 1.82) is 0 Å². The van der Waals surface area contributed by atoms with Gasteiger partial charge in [-0.1, -0.05) is 57.2 Å². The third-order valence-electron chi connectivity index (χ3n) is 6.76. The molecule has 2 aromatic carbocycles. The van der Waals surface area contributed by atoms with Gasteiger partial charge in [0.2, 0.25) is 11.8 Å². The molecule has 2 unspecified atom stereocenters. The van der Waals surface area contributed by atoms with Gasteiger partial charge in [-0.25, -0.2) is 13.8 Å². The highest BCUT2D eigenvalue weighted by Crippen LogP contribution is 2.36. The topological polar surface area (TPSA) is 54.5 Å². The summed E-state index contributed by atoms with van der Waals surface area (Å²) in [4.78, 5) is 19.8. The van der Waals surface area contributed by atoms with Gasteiger partial charge in [0, 0.05) is 23.9 Å². The third kappa shape index (κ3) is 5.57. The molecular formula is C29H33F2N3O2. The summed E-state index contributed by atoms with van der Waals surface area (Å²) >= 11 is 0. The minimum absolute atomic E-state index is 0.0778. The van der Waals surface area contributed by atoms with Crippen LogP contribution in [0.2, 0.25) is 0 Å². The van der Waals surface area contributed by atoms with Gasteiger partial charge in [-0.3, -0.25) is 10.1 Å². The molecule has 0 aliphatic carbocycles. The summed E-state index contributed by atoms with van der Waals surface area (Å²) in [5, 5.41) is 3.49. The molecule has 190 valence electrons. The first kappa shape index (κ1) is 25.8. The molecule has 4 rings (SSSR count). The van der Waals surface area contributed by atoms with Gasteiger partial charge in [0.1, 0.15) is 11.6 Å². The van der Waals surface area contributed by atoms with Gasteiger partial charge < -0.3 is 9.64 Å². The van der Waals surface area contributed by atoms with Crippen LogP contribution in [0.4, 0.5) is 8.78 Å². The lowest BCUT2D eigenvalue weighted by Crippen LogP contribution is -2.46. The van der Waals surface area contributed by atoms with Crippen LogP contribution in [0.25, 0.3) is 0 Å². The van der Waals surface area contributed by atoms with E-state index in [4.69, 9.17) is 4.74 Å². The fourth-order valence-electron chi connectivity index (χ4n) is 4.75. The maximum atomic E-state index is 14.4. The zero-order chi connectivity index (χ0) is 25.9. The fourth-order valence-corrected chi connectivity index (χ4v) is 4.75. The zero-order valence-electron chi connectivity index (χ0n) is 21.2. The van der Waals surface area contributed by atoms with Crippen LogP contribution in [-0.2, 0) is 23.2 Å². The number of pyridine rings is 1. The lowest BCUT2D eigenvalue weighted by molar-refractivity contribution is -0.134. The molecule has 1 N–H and O–H groups in total. The molecule has 0 spiro atoms. The summed E-state index contributed by atoms with van der Waals surface area (Å²) in [5.74, 6) is -1.22. The van der Waals surface area contributed by atoms with Crippen LogP contribution in [0, 0.1) is 11.6 Å². The number of rotatable bonds is 7. The molecule has 5 nitrogen and oxygen atoms in total. The Morgan fingerprint density at radius 2 is 1.78 bits per heavy atom. The number of halogens is 2. The van der Waals surface area contributed by atoms with Crippen molar-refractivity contribution in [1.82, 2.24) is 15.2 Å². The van der Waals surface area contributed by atoms with E-state index in [0.717, 1.165) is 23.1 Å². The average Bonchev–Trinajstić information content (AvgIpc) is 3.29. The Labute approximate surface area is 211 Å². The van der Waals surface area contributed by atoms with E-state index in [-0.39, 0.29) is 35.5 Å². The van der Waals surface area contributed by atoms with Crippen LogP contribution in [0.1, 0.15) is 61.9 Å². The van der Waals surface area contributed by atoms with Crippen molar-refractivity contribution < 1.29 is 18.3 Å². The number of carbonyl (C=O) groups excluding carboxylic acids is 1. The predicted octanol–water partition coefficient (Wildman–Crippen LogP) is 5.69. The van der Waals surface area contributed by atoms with E-state index in [1.807, 2.05) is 36.5 Å². The third-order valence-corrected chi connectivity index (χ3v) is 6.76. The Hall–Kier alpha value is -3.32. The molecule has 0 bridgehead atoms. The van der Waals surface area contributed by atoms with Gasteiger partial charge in [0.25, 0.3) is 0 Å². The molecule has 0 saturated carbocycles. The van der Waals surface area contributed by atoms with Crippen LogP contribution >= 0.6 is 0 Å². The predicted molar refractivity (Wildman–Crippen MR) is 135 cm³/mol. The Bertz CT molecular complexity index is 1190. The number of nitrogens with zero attached hydrogens (tertiary/aromatic N) is 2. The molecule has 2 atom stereocenters. The normalized spacial score (nSPS) is 17.9. The van der Waals surface area contributed by atoms with Crippen molar-refractivity contribution in [2.24, 2.45) is 0 Å². The lowest BCUT2D eigenvalue weighted by atomic mass is 9.87. The number of aromatic nitrogens is 1. The number of nitrogens with one attached hydrogen (secondary N) is 1. The molecule has 3 aromatic rings. The smallest absolute Gasteiger partial charge is 0.228 e. The van der Waals surface area contributed by atoms with Gasteiger partial charge in [0.05, 0.1) is 25.7 Å². The van der Waals surface area contributed by atoms with Crippen LogP contribution in [0.15, 0.2) is 60.8 Å². The molecule has 7 heteroatoms. The number of methoxy groups -OCH3 is 1. The molecule has 0 radical (unpaired) electrons. The number of amides is 1. The minimum atomic E-state index is -0.710. The van der Waals surface area contributed by atoms with Crippen molar-refractivity contribution in [3.05, 3.63) is 94.7 Å². The summed E-state index contributed by atoms with van der Waals surface area (Å²) < 4.78 is 34.2. The first-order valence-corrected chi connectivity index (χ1v) is 12.2. The Morgan fingerprint density at radius 1 is 1.08 bits per heavy atom. The summed E-state index contributed by atoms with van der Waals surface area (Å²) in [5.41, 5.74) is 2.69. The maximum Gasteiger partial charge on any atom is 0.228 e. The van der Waals surface area contributed by atoms with Crippen LogP contribution < -0.4 is 10.1 Å². The summed E-state index contributed by atoms with van der Waals surface area (Å²) in [6, 6.07) is 15.3. The summed E-state index contributed by atoms with van der Waals surface area (Å²) in [7, 11) is 1.59. The Morgan fingerprint density at radius 3 is 2.42 bits per heavy atom. The minimum Gasteiger partial charge on any atom is -0.481 e. The number of hydrogen-bond donors (Lipinski definition) is 1. The quantitative estimate of drug-likeness (QED) is 0.460. The van der Waals surface area contributed by atoms with Gasteiger partial charge in [-0.15, -0.1) is 0 Å². The first-order chi connectivity index (χ1) is 17.2. The van der Waals surface area contributed by atoms with Crippen molar-refractivity contribution in [2.75, 3.05) is 7.11 Å². The second-order valence-corrected chi connectivity index (χ2v) is 10.2. The summed E-state index contributed by atoms with van der Waals surface area (Å²) in [6.07, 6.45) is 2.62. The number of ether oxygens (including phenoxy) is 1. The van der Waals surface area contributed by atoms with E-state index < -0.39 is 11.6 Å². The number of hydrogen-bond acceptors (Lipinski definition) is 4. The molecule has 1 saturated heterocycles. The van der Waals surface area contributed by atoms with E-state index in [0.29, 0.717) is 18.8 Å². The maximum absolute atomic E-state index is 14.4. The highest BCUT2D eigenvalue weighted by atomic mass is 19.1. The molecule has 2 heterocycles. The molecule has 1 fully saturated rings. The van der Waals surface area contributed by atoms with Gasteiger partial charge >= 0.3 is 0 Å². The molecule has 1 aromatic heterocycles. The van der Waals surface area contributed by atoms with Crippen LogP contribution in [-0.4, -0.2) is 29.1 Å². The molecular weight excluding hydrogens is 460 g/mol. The monoisotopic (exact) mass is 493 g/mol.